The van der Waals surface area contributed by atoms with Crippen LogP contribution in [0.15, 0.2) is 30.5 Å². The second kappa shape index (κ2) is 6.11. The third-order valence-electron chi connectivity index (χ3n) is 2.62. The molecule has 104 valence electrons. The fourth-order valence-electron chi connectivity index (χ4n) is 1.69. The molecular formula is C12H13N5O2S. The summed E-state index contributed by atoms with van der Waals surface area (Å²) in [4.78, 5) is 25.1. The summed E-state index contributed by atoms with van der Waals surface area (Å²) in [6.45, 7) is 0.0113. The lowest BCUT2D eigenvalue weighted by molar-refractivity contribution is -0.118. The topological polar surface area (TPSA) is 115 Å². The first-order valence-electron chi connectivity index (χ1n) is 5.76. The maximum absolute atomic E-state index is 12.3. The standard InChI is InChI=1S/C12H13N5O2S/c13-9-4-2-1-3-8(9)6-17(7-11(14)18)12(19)10-5-15-16-20-10/h1-5H,6-7,13H2,(H2,14,18). The van der Waals surface area contributed by atoms with Gasteiger partial charge in [0.2, 0.25) is 5.91 Å². The molecule has 0 unspecified atom stereocenters. The van der Waals surface area contributed by atoms with Crippen molar-refractivity contribution in [3.8, 4) is 0 Å². The summed E-state index contributed by atoms with van der Waals surface area (Å²) in [7, 11) is 0. The Morgan fingerprint density at radius 2 is 2.05 bits per heavy atom. The van der Waals surface area contributed by atoms with Crippen LogP contribution in [0.2, 0.25) is 0 Å². The first kappa shape index (κ1) is 13.9. The molecule has 2 rings (SSSR count). The first-order chi connectivity index (χ1) is 9.58. The Morgan fingerprint density at radius 3 is 2.65 bits per heavy atom. The van der Waals surface area contributed by atoms with E-state index in [9.17, 15) is 9.59 Å². The number of para-hydroxylation sites is 1. The number of primary amides is 1. The van der Waals surface area contributed by atoms with Gasteiger partial charge < -0.3 is 16.4 Å². The van der Waals surface area contributed by atoms with Gasteiger partial charge in [-0.3, -0.25) is 9.59 Å². The molecule has 0 aliphatic carbocycles. The number of benzene rings is 1. The van der Waals surface area contributed by atoms with E-state index in [1.165, 1.54) is 11.1 Å². The van der Waals surface area contributed by atoms with Gasteiger partial charge in [0.15, 0.2) is 0 Å². The van der Waals surface area contributed by atoms with Gasteiger partial charge in [0.1, 0.15) is 11.4 Å². The van der Waals surface area contributed by atoms with Gasteiger partial charge in [-0.15, -0.1) is 5.10 Å². The Bertz CT molecular complexity index is 614. The number of amides is 2. The fraction of sp³-hybridized carbons (Fsp3) is 0.167. The summed E-state index contributed by atoms with van der Waals surface area (Å²) in [6.07, 6.45) is 1.36. The molecule has 0 saturated carbocycles. The Kier molecular flexibility index (Phi) is 4.26. The van der Waals surface area contributed by atoms with Crippen molar-refractivity contribution >= 4 is 29.0 Å². The van der Waals surface area contributed by atoms with Crippen LogP contribution in [0.3, 0.4) is 0 Å². The molecule has 2 amide bonds. The van der Waals surface area contributed by atoms with E-state index in [1.54, 1.807) is 18.2 Å². The number of carbonyl (C=O) groups excluding carboxylic acids is 2. The molecule has 8 heteroatoms. The highest BCUT2D eigenvalue weighted by Crippen LogP contribution is 2.16. The molecule has 0 atom stereocenters. The van der Waals surface area contributed by atoms with Gasteiger partial charge in [0, 0.05) is 12.2 Å². The molecule has 20 heavy (non-hydrogen) atoms. The number of carbonyl (C=O) groups is 2. The third-order valence-corrected chi connectivity index (χ3v) is 3.27. The van der Waals surface area contributed by atoms with E-state index in [0.717, 1.165) is 17.1 Å². The van der Waals surface area contributed by atoms with Gasteiger partial charge >= 0.3 is 0 Å². The van der Waals surface area contributed by atoms with E-state index in [1.807, 2.05) is 6.07 Å². The van der Waals surface area contributed by atoms with E-state index >= 15 is 0 Å². The van der Waals surface area contributed by atoms with Gasteiger partial charge in [-0.05, 0) is 23.2 Å². The zero-order chi connectivity index (χ0) is 14.5. The molecule has 1 aromatic heterocycles. The molecule has 0 fully saturated rings. The SMILES string of the molecule is NC(=O)CN(Cc1ccccc1N)C(=O)c1cnns1. The second-order valence-corrected chi connectivity index (χ2v) is 4.89. The van der Waals surface area contributed by atoms with Crippen molar-refractivity contribution in [2.75, 3.05) is 12.3 Å². The second-order valence-electron chi connectivity index (χ2n) is 4.11. The average Bonchev–Trinajstić information content (AvgIpc) is 2.93. The van der Waals surface area contributed by atoms with E-state index in [2.05, 4.69) is 9.59 Å². The van der Waals surface area contributed by atoms with Crippen LogP contribution in [0.4, 0.5) is 5.69 Å². The summed E-state index contributed by atoms with van der Waals surface area (Å²) in [5.41, 5.74) is 12.3. The monoisotopic (exact) mass is 291 g/mol. The highest BCUT2D eigenvalue weighted by molar-refractivity contribution is 7.07. The van der Waals surface area contributed by atoms with Crippen molar-refractivity contribution in [2.24, 2.45) is 5.73 Å². The number of nitrogens with two attached hydrogens (primary N) is 2. The zero-order valence-corrected chi connectivity index (χ0v) is 11.3. The van der Waals surface area contributed by atoms with Crippen molar-refractivity contribution in [3.63, 3.8) is 0 Å². The maximum atomic E-state index is 12.3. The van der Waals surface area contributed by atoms with Crippen LogP contribution in [0.25, 0.3) is 0 Å². The Hall–Kier alpha value is -2.48. The minimum atomic E-state index is -0.592. The van der Waals surface area contributed by atoms with Crippen LogP contribution in [0.5, 0.6) is 0 Å². The average molecular weight is 291 g/mol. The number of anilines is 1. The third kappa shape index (κ3) is 3.29. The molecule has 0 bridgehead atoms. The number of rotatable bonds is 5. The molecule has 0 saturated heterocycles. The van der Waals surface area contributed by atoms with E-state index < -0.39 is 5.91 Å². The molecule has 4 N–H and O–H groups in total. The van der Waals surface area contributed by atoms with Crippen LogP contribution in [0, 0.1) is 0 Å². The van der Waals surface area contributed by atoms with E-state index in [0.29, 0.717) is 10.6 Å². The quantitative estimate of drug-likeness (QED) is 0.766. The lowest BCUT2D eigenvalue weighted by Crippen LogP contribution is -2.37. The normalized spacial score (nSPS) is 10.2. The lowest BCUT2D eigenvalue weighted by Gasteiger charge is -2.21. The highest BCUT2D eigenvalue weighted by Gasteiger charge is 2.20. The van der Waals surface area contributed by atoms with E-state index in [-0.39, 0.29) is 19.0 Å². The van der Waals surface area contributed by atoms with Crippen LogP contribution >= 0.6 is 11.5 Å². The van der Waals surface area contributed by atoms with Crippen molar-refractivity contribution in [2.45, 2.75) is 6.54 Å². The number of hydrogen-bond donors (Lipinski definition) is 2. The summed E-state index contributed by atoms with van der Waals surface area (Å²) in [5, 5.41) is 3.61. The number of aromatic nitrogens is 2. The minimum Gasteiger partial charge on any atom is -0.398 e. The molecule has 0 aliphatic rings. The van der Waals surface area contributed by atoms with Crippen molar-refractivity contribution < 1.29 is 9.59 Å². The van der Waals surface area contributed by atoms with Gasteiger partial charge in [0.25, 0.3) is 5.91 Å². The molecular weight excluding hydrogens is 278 g/mol. The summed E-state index contributed by atoms with van der Waals surface area (Å²) in [6, 6.07) is 7.14. The molecule has 1 aromatic carbocycles. The molecule has 0 spiro atoms. The predicted octanol–water partition coefficient (Wildman–Crippen LogP) is 0.248. The van der Waals surface area contributed by atoms with E-state index in [4.69, 9.17) is 11.5 Å². The van der Waals surface area contributed by atoms with Gasteiger partial charge in [-0.25, -0.2) is 0 Å². The van der Waals surface area contributed by atoms with Crippen molar-refractivity contribution in [1.29, 1.82) is 0 Å². The van der Waals surface area contributed by atoms with Crippen molar-refractivity contribution in [1.82, 2.24) is 14.5 Å². The largest absolute Gasteiger partial charge is 0.398 e. The molecule has 0 radical (unpaired) electrons. The number of nitrogens with zero attached hydrogens (tertiary/aromatic N) is 3. The Labute approximate surface area is 119 Å². The van der Waals surface area contributed by atoms with Crippen LogP contribution in [0.1, 0.15) is 15.2 Å². The Morgan fingerprint density at radius 1 is 1.30 bits per heavy atom. The number of nitrogen functional groups attached to an aromatic ring is 1. The molecule has 0 aliphatic heterocycles. The lowest BCUT2D eigenvalue weighted by atomic mass is 10.1. The Balaban J connectivity index is 2.22. The van der Waals surface area contributed by atoms with Crippen LogP contribution in [-0.4, -0.2) is 32.8 Å². The predicted molar refractivity (Wildman–Crippen MR) is 74.7 cm³/mol. The summed E-state index contributed by atoms with van der Waals surface area (Å²) < 4.78 is 3.63. The van der Waals surface area contributed by atoms with Crippen molar-refractivity contribution in [3.05, 3.63) is 40.9 Å². The first-order valence-corrected chi connectivity index (χ1v) is 6.53. The maximum Gasteiger partial charge on any atom is 0.267 e. The molecule has 1 heterocycles. The number of hydrogen-bond acceptors (Lipinski definition) is 6. The smallest absolute Gasteiger partial charge is 0.267 e. The van der Waals surface area contributed by atoms with Crippen LogP contribution < -0.4 is 11.5 Å². The highest BCUT2D eigenvalue weighted by atomic mass is 32.1. The summed E-state index contributed by atoms with van der Waals surface area (Å²) >= 11 is 0.966. The summed E-state index contributed by atoms with van der Waals surface area (Å²) in [5.74, 6) is -0.938. The molecule has 2 aromatic rings. The van der Waals surface area contributed by atoms with Gasteiger partial charge in [-0.2, -0.15) is 0 Å². The van der Waals surface area contributed by atoms with Crippen LogP contribution in [-0.2, 0) is 11.3 Å². The fourth-order valence-corrected chi connectivity index (χ4v) is 2.17. The van der Waals surface area contributed by atoms with Gasteiger partial charge in [-0.1, -0.05) is 22.7 Å². The molecule has 7 nitrogen and oxygen atoms in total. The van der Waals surface area contributed by atoms with Gasteiger partial charge in [0.05, 0.1) is 6.20 Å². The zero-order valence-electron chi connectivity index (χ0n) is 10.5. The minimum absolute atomic E-state index is 0.189.